The highest BCUT2D eigenvalue weighted by Crippen LogP contribution is 2.24. The molecule has 0 aliphatic rings. The molecule has 0 aliphatic carbocycles. The van der Waals surface area contributed by atoms with Crippen LogP contribution in [0.15, 0.2) is 0 Å². The molecule has 0 unspecified atom stereocenters. The van der Waals surface area contributed by atoms with Gasteiger partial charge in [0.15, 0.2) is 23.3 Å². The highest BCUT2D eigenvalue weighted by molar-refractivity contribution is 9.09. The summed E-state index contributed by atoms with van der Waals surface area (Å²) in [6.45, 7) is 0.158. The minimum atomic E-state index is -2.28. The average molecular weight is 374 g/mol. The van der Waals surface area contributed by atoms with Gasteiger partial charge in [-0.15, -0.1) is 0 Å². The lowest BCUT2D eigenvalue weighted by Gasteiger charge is -2.18. The summed E-state index contributed by atoms with van der Waals surface area (Å²) in [4.78, 5) is 12.8. The number of benzene rings is 1. The van der Waals surface area contributed by atoms with Crippen LogP contribution in [0.5, 0.6) is 0 Å². The molecular formula is C13H13BrF5NO. The second-order valence-corrected chi connectivity index (χ2v) is 5.21. The molecule has 0 saturated heterocycles. The van der Waals surface area contributed by atoms with Gasteiger partial charge in [-0.25, -0.2) is 22.0 Å². The second-order valence-electron chi connectivity index (χ2n) is 4.42. The normalized spacial score (nSPS) is 10.8. The summed E-state index contributed by atoms with van der Waals surface area (Å²) in [5.41, 5.74) is -1.42. The van der Waals surface area contributed by atoms with Crippen LogP contribution in [-0.2, 0) is 0 Å². The SMILES string of the molecule is CN(CCCCCBr)C(=O)c1c(F)c(F)c(F)c(F)c1F. The standard InChI is InChI=1S/C13H13BrF5NO/c1-20(6-4-2-3-5-14)13(21)7-8(15)10(17)12(19)11(18)9(7)16/h2-6H2,1H3. The van der Waals surface area contributed by atoms with E-state index in [1.165, 1.54) is 7.05 Å². The van der Waals surface area contributed by atoms with Crippen molar-refractivity contribution in [2.24, 2.45) is 0 Å². The monoisotopic (exact) mass is 373 g/mol. The fraction of sp³-hybridized carbons (Fsp3) is 0.462. The van der Waals surface area contributed by atoms with E-state index in [0.29, 0.717) is 6.42 Å². The summed E-state index contributed by atoms with van der Waals surface area (Å²) in [5.74, 6) is -12.0. The third-order valence-corrected chi connectivity index (χ3v) is 3.46. The van der Waals surface area contributed by atoms with E-state index in [0.717, 1.165) is 23.1 Å². The van der Waals surface area contributed by atoms with Crippen molar-refractivity contribution in [2.45, 2.75) is 19.3 Å². The number of rotatable bonds is 6. The molecule has 0 spiro atoms. The predicted octanol–water partition coefficient (Wildman–Crippen LogP) is 4.02. The fourth-order valence-electron chi connectivity index (χ4n) is 1.71. The maximum atomic E-state index is 13.5. The van der Waals surface area contributed by atoms with Gasteiger partial charge in [0.25, 0.3) is 5.91 Å². The van der Waals surface area contributed by atoms with Crippen LogP contribution in [0.25, 0.3) is 0 Å². The molecule has 1 aromatic rings. The van der Waals surface area contributed by atoms with Gasteiger partial charge in [0.1, 0.15) is 5.56 Å². The van der Waals surface area contributed by atoms with Gasteiger partial charge in [-0.2, -0.15) is 0 Å². The van der Waals surface area contributed by atoms with Crippen molar-refractivity contribution in [2.75, 3.05) is 18.9 Å². The summed E-state index contributed by atoms with van der Waals surface area (Å²) in [5, 5.41) is 0.780. The first kappa shape index (κ1) is 17.9. The first-order valence-corrected chi connectivity index (χ1v) is 7.27. The second kappa shape index (κ2) is 7.72. The first-order valence-electron chi connectivity index (χ1n) is 6.15. The van der Waals surface area contributed by atoms with Crippen LogP contribution in [0.2, 0.25) is 0 Å². The van der Waals surface area contributed by atoms with Crippen LogP contribution < -0.4 is 0 Å². The average Bonchev–Trinajstić information content (AvgIpc) is 2.47. The van der Waals surface area contributed by atoms with Crippen molar-refractivity contribution in [3.05, 3.63) is 34.6 Å². The maximum Gasteiger partial charge on any atom is 0.259 e. The van der Waals surface area contributed by atoms with E-state index in [-0.39, 0.29) is 6.54 Å². The molecule has 1 rings (SSSR count). The van der Waals surface area contributed by atoms with E-state index in [4.69, 9.17) is 0 Å². The fourth-order valence-corrected chi connectivity index (χ4v) is 2.10. The predicted molar refractivity (Wildman–Crippen MR) is 70.8 cm³/mol. The highest BCUT2D eigenvalue weighted by Gasteiger charge is 2.30. The van der Waals surface area contributed by atoms with Gasteiger partial charge in [-0.1, -0.05) is 22.4 Å². The van der Waals surface area contributed by atoms with Crippen molar-refractivity contribution in [3.63, 3.8) is 0 Å². The molecule has 0 radical (unpaired) electrons. The van der Waals surface area contributed by atoms with E-state index in [9.17, 15) is 26.7 Å². The van der Waals surface area contributed by atoms with Crippen LogP contribution >= 0.6 is 15.9 Å². The Morgan fingerprint density at radius 3 is 1.86 bits per heavy atom. The topological polar surface area (TPSA) is 20.3 Å². The molecule has 0 N–H and O–H groups in total. The van der Waals surface area contributed by atoms with Crippen molar-refractivity contribution in [1.82, 2.24) is 4.90 Å². The molecule has 2 nitrogen and oxygen atoms in total. The van der Waals surface area contributed by atoms with Gasteiger partial charge in [-0.3, -0.25) is 4.79 Å². The van der Waals surface area contributed by atoms with Gasteiger partial charge in [0, 0.05) is 18.9 Å². The Balaban J connectivity index is 2.97. The zero-order valence-electron chi connectivity index (χ0n) is 11.2. The Hall–Kier alpha value is -1.18. The first-order chi connectivity index (χ1) is 9.82. The van der Waals surface area contributed by atoms with Gasteiger partial charge in [0.2, 0.25) is 5.82 Å². The molecular weight excluding hydrogens is 361 g/mol. The number of alkyl halides is 1. The minimum absolute atomic E-state index is 0.158. The lowest BCUT2D eigenvalue weighted by atomic mass is 10.1. The van der Waals surface area contributed by atoms with Gasteiger partial charge in [-0.05, 0) is 12.8 Å². The van der Waals surface area contributed by atoms with Crippen molar-refractivity contribution in [1.29, 1.82) is 0 Å². The molecule has 0 fully saturated rings. The maximum absolute atomic E-state index is 13.5. The van der Waals surface area contributed by atoms with Crippen LogP contribution in [0, 0.1) is 29.1 Å². The van der Waals surface area contributed by atoms with E-state index in [1.54, 1.807) is 0 Å². The lowest BCUT2D eigenvalue weighted by molar-refractivity contribution is 0.0779. The molecule has 118 valence electrons. The Morgan fingerprint density at radius 1 is 0.905 bits per heavy atom. The van der Waals surface area contributed by atoms with Gasteiger partial charge in [0.05, 0.1) is 0 Å². The molecule has 0 saturated carbocycles. The largest absolute Gasteiger partial charge is 0.342 e. The number of halogens is 6. The van der Waals surface area contributed by atoms with E-state index < -0.39 is 40.6 Å². The Bertz CT molecular complexity index is 509. The summed E-state index contributed by atoms with van der Waals surface area (Å²) >= 11 is 3.23. The van der Waals surface area contributed by atoms with Crippen LogP contribution in [0.3, 0.4) is 0 Å². The molecule has 1 aromatic carbocycles. The number of nitrogens with zero attached hydrogens (tertiary/aromatic N) is 1. The molecule has 8 heteroatoms. The molecule has 1 amide bonds. The minimum Gasteiger partial charge on any atom is -0.342 e. The molecule has 0 bridgehead atoms. The number of amides is 1. The Kier molecular flexibility index (Phi) is 6.57. The number of hydrogen-bond acceptors (Lipinski definition) is 1. The molecule has 21 heavy (non-hydrogen) atoms. The van der Waals surface area contributed by atoms with Gasteiger partial charge >= 0.3 is 0 Å². The zero-order chi connectivity index (χ0) is 16.2. The summed E-state index contributed by atoms with van der Waals surface area (Å²) < 4.78 is 65.9. The Morgan fingerprint density at radius 2 is 1.38 bits per heavy atom. The van der Waals surface area contributed by atoms with E-state index in [1.807, 2.05) is 0 Å². The lowest BCUT2D eigenvalue weighted by Crippen LogP contribution is -2.30. The number of carbonyl (C=O) groups is 1. The number of hydrogen-bond donors (Lipinski definition) is 0. The van der Waals surface area contributed by atoms with E-state index in [2.05, 4.69) is 15.9 Å². The summed E-state index contributed by atoms with van der Waals surface area (Å²) in [7, 11) is 1.24. The third-order valence-electron chi connectivity index (χ3n) is 2.90. The van der Waals surface area contributed by atoms with Crippen LogP contribution in [0.1, 0.15) is 29.6 Å². The van der Waals surface area contributed by atoms with Crippen LogP contribution in [0.4, 0.5) is 22.0 Å². The van der Waals surface area contributed by atoms with Gasteiger partial charge < -0.3 is 4.90 Å². The molecule has 0 aromatic heterocycles. The molecule has 0 atom stereocenters. The summed E-state index contributed by atoms with van der Waals surface area (Å²) in [6.07, 6.45) is 2.17. The van der Waals surface area contributed by atoms with Crippen molar-refractivity contribution >= 4 is 21.8 Å². The molecule has 0 heterocycles. The number of carbonyl (C=O) groups excluding carboxylic acids is 1. The third kappa shape index (κ3) is 3.93. The molecule has 0 aliphatic heterocycles. The zero-order valence-corrected chi connectivity index (χ0v) is 12.7. The number of unbranched alkanes of at least 4 members (excludes halogenated alkanes) is 2. The Labute approximate surface area is 127 Å². The van der Waals surface area contributed by atoms with Crippen molar-refractivity contribution in [3.8, 4) is 0 Å². The quantitative estimate of drug-likeness (QED) is 0.242. The summed E-state index contributed by atoms with van der Waals surface area (Å²) in [6, 6.07) is 0. The smallest absolute Gasteiger partial charge is 0.259 e. The van der Waals surface area contributed by atoms with Crippen LogP contribution in [-0.4, -0.2) is 29.7 Å². The van der Waals surface area contributed by atoms with Crippen molar-refractivity contribution < 1.29 is 26.7 Å². The van der Waals surface area contributed by atoms with E-state index >= 15 is 0 Å². The highest BCUT2D eigenvalue weighted by atomic mass is 79.9.